The molecule has 0 aromatic carbocycles. The smallest absolute Gasteiger partial charge is 0.330 e. The fourth-order valence-corrected chi connectivity index (χ4v) is 1.30. The van der Waals surface area contributed by atoms with Gasteiger partial charge in [-0.25, -0.2) is 0 Å². The summed E-state index contributed by atoms with van der Waals surface area (Å²) < 4.78 is 10.6. The molecule has 0 atom stereocenters. The molecular formula is C10H12ClN5O2. The lowest BCUT2D eigenvalue weighted by atomic mass is 10.5. The first-order chi connectivity index (χ1) is 8.67. The Morgan fingerprint density at radius 3 is 2.72 bits per heavy atom. The van der Waals surface area contributed by atoms with Gasteiger partial charge in [0.25, 0.3) is 0 Å². The summed E-state index contributed by atoms with van der Waals surface area (Å²) in [7, 11) is 0. The zero-order valence-corrected chi connectivity index (χ0v) is 10.7. The number of nitrogens with one attached hydrogen (secondary N) is 1. The number of H-pyrrole nitrogens is 1. The Bertz CT molecular complexity index is 531. The molecule has 0 fully saturated rings. The largest absolute Gasteiger partial charge is 0.463 e. The number of aryl methyl sites for hydroxylation is 1. The van der Waals surface area contributed by atoms with Crippen LogP contribution in [-0.2, 0) is 0 Å². The first-order valence-electron chi connectivity index (χ1n) is 5.41. The van der Waals surface area contributed by atoms with Gasteiger partial charge in [0, 0.05) is 11.8 Å². The van der Waals surface area contributed by atoms with Crippen LogP contribution in [0.5, 0.6) is 17.9 Å². The Balaban J connectivity index is 2.14. The maximum atomic E-state index is 5.75. The van der Waals surface area contributed by atoms with Crippen LogP contribution in [0.1, 0.15) is 19.0 Å². The molecule has 7 nitrogen and oxygen atoms in total. The average Bonchev–Trinajstić information content (AvgIpc) is 2.71. The third kappa shape index (κ3) is 3.30. The lowest BCUT2D eigenvalue weighted by molar-refractivity contribution is 0.284. The van der Waals surface area contributed by atoms with Gasteiger partial charge in [-0.2, -0.15) is 9.97 Å². The highest BCUT2D eigenvalue weighted by atomic mass is 35.5. The van der Waals surface area contributed by atoms with Crippen LogP contribution in [0.25, 0.3) is 0 Å². The van der Waals surface area contributed by atoms with E-state index in [4.69, 9.17) is 21.1 Å². The molecule has 2 aromatic rings. The van der Waals surface area contributed by atoms with Crippen LogP contribution in [0.4, 0.5) is 0 Å². The summed E-state index contributed by atoms with van der Waals surface area (Å²) in [5.41, 5.74) is 0.868. The van der Waals surface area contributed by atoms with E-state index in [0.29, 0.717) is 12.5 Å². The van der Waals surface area contributed by atoms with Gasteiger partial charge in [-0.05, 0) is 24.9 Å². The van der Waals surface area contributed by atoms with Crippen LogP contribution in [0.3, 0.4) is 0 Å². The lowest BCUT2D eigenvalue weighted by Crippen LogP contribution is -2.03. The SMILES string of the molecule is CCCOc1nc(Cl)nc(Oc2cc(C)[nH]n2)n1. The number of hydrogen-bond acceptors (Lipinski definition) is 6. The monoisotopic (exact) mass is 269 g/mol. The van der Waals surface area contributed by atoms with Crippen molar-refractivity contribution >= 4 is 11.6 Å². The Kier molecular flexibility index (Phi) is 3.93. The molecule has 0 saturated carbocycles. The minimum Gasteiger partial charge on any atom is -0.463 e. The van der Waals surface area contributed by atoms with E-state index in [2.05, 4.69) is 25.1 Å². The van der Waals surface area contributed by atoms with Crippen molar-refractivity contribution in [3.8, 4) is 17.9 Å². The van der Waals surface area contributed by atoms with Crippen LogP contribution in [0, 0.1) is 6.92 Å². The highest BCUT2D eigenvalue weighted by molar-refractivity contribution is 6.28. The summed E-state index contributed by atoms with van der Waals surface area (Å²) in [4.78, 5) is 11.6. The Hall–Kier alpha value is -1.89. The van der Waals surface area contributed by atoms with Crippen molar-refractivity contribution in [1.82, 2.24) is 25.1 Å². The summed E-state index contributed by atoms with van der Waals surface area (Å²) >= 11 is 5.75. The van der Waals surface area contributed by atoms with Gasteiger partial charge in [0.2, 0.25) is 11.2 Å². The van der Waals surface area contributed by atoms with E-state index >= 15 is 0 Å². The van der Waals surface area contributed by atoms with Gasteiger partial charge in [-0.15, -0.1) is 10.1 Å². The second kappa shape index (κ2) is 5.63. The van der Waals surface area contributed by atoms with Crippen molar-refractivity contribution in [2.75, 3.05) is 6.61 Å². The molecule has 0 aliphatic carbocycles. The highest BCUT2D eigenvalue weighted by Gasteiger charge is 2.09. The first-order valence-corrected chi connectivity index (χ1v) is 5.79. The van der Waals surface area contributed by atoms with Gasteiger partial charge < -0.3 is 9.47 Å². The van der Waals surface area contributed by atoms with Gasteiger partial charge in [0.05, 0.1) is 6.61 Å². The summed E-state index contributed by atoms with van der Waals surface area (Å²) in [5, 5.41) is 6.66. The predicted molar refractivity (Wildman–Crippen MR) is 64.0 cm³/mol. The molecule has 0 saturated heterocycles. The number of nitrogens with zero attached hydrogens (tertiary/aromatic N) is 4. The van der Waals surface area contributed by atoms with Crippen molar-refractivity contribution in [2.45, 2.75) is 20.3 Å². The van der Waals surface area contributed by atoms with Gasteiger partial charge in [-0.3, -0.25) is 5.10 Å². The third-order valence-electron chi connectivity index (χ3n) is 1.88. The number of rotatable bonds is 5. The second-order valence-corrected chi connectivity index (χ2v) is 3.85. The predicted octanol–water partition coefficient (Wildman–Crippen LogP) is 2.14. The zero-order valence-electron chi connectivity index (χ0n) is 9.97. The van der Waals surface area contributed by atoms with Crippen molar-refractivity contribution in [2.24, 2.45) is 0 Å². The number of aromatic amines is 1. The fraction of sp³-hybridized carbons (Fsp3) is 0.400. The van der Waals surface area contributed by atoms with Gasteiger partial charge in [-0.1, -0.05) is 6.92 Å². The van der Waals surface area contributed by atoms with E-state index in [9.17, 15) is 0 Å². The molecule has 0 radical (unpaired) electrons. The molecule has 18 heavy (non-hydrogen) atoms. The van der Waals surface area contributed by atoms with Gasteiger partial charge in [0.1, 0.15) is 0 Å². The molecule has 0 spiro atoms. The Morgan fingerprint density at radius 2 is 2.06 bits per heavy atom. The molecule has 8 heteroatoms. The molecule has 2 heterocycles. The number of aromatic nitrogens is 5. The average molecular weight is 270 g/mol. The van der Waals surface area contributed by atoms with Crippen molar-refractivity contribution in [3.05, 3.63) is 17.0 Å². The quantitative estimate of drug-likeness (QED) is 0.895. The second-order valence-electron chi connectivity index (χ2n) is 3.51. The first kappa shape index (κ1) is 12.6. The fourth-order valence-electron chi connectivity index (χ4n) is 1.16. The van der Waals surface area contributed by atoms with Crippen LogP contribution >= 0.6 is 11.6 Å². The molecule has 0 aliphatic heterocycles. The number of hydrogen-bond donors (Lipinski definition) is 1. The third-order valence-corrected chi connectivity index (χ3v) is 2.05. The van der Waals surface area contributed by atoms with Crippen molar-refractivity contribution in [3.63, 3.8) is 0 Å². The normalized spacial score (nSPS) is 10.4. The van der Waals surface area contributed by atoms with E-state index in [1.54, 1.807) is 6.07 Å². The molecule has 0 aliphatic rings. The lowest BCUT2D eigenvalue weighted by Gasteiger charge is -2.04. The van der Waals surface area contributed by atoms with Gasteiger partial charge >= 0.3 is 12.0 Å². The van der Waals surface area contributed by atoms with Crippen LogP contribution < -0.4 is 9.47 Å². The molecule has 96 valence electrons. The maximum Gasteiger partial charge on any atom is 0.330 e. The topological polar surface area (TPSA) is 85.8 Å². The van der Waals surface area contributed by atoms with E-state index in [0.717, 1.165) is 12.1 Å². The summed E-state index contributed by atoms with van der Waals surface area (Å²) in [6.07, 6.45) is 0.845. The molecular weight excluding hydrogens is 258 g/mol. The van der Waals surface area contributed by atoms with Gasteiger partial charge in [0.15, 0.2) is 0 Å². The highest BCUT2D eigenvalue weighted by Crippen LogP contribution is 2.19. The van der Waals surface area contributed by atoms with E-state index < -0.39 is 0 Å². The van der Waals surface area contributed by atoms with E-state index in [1.165, 1.54) is 0 Å². The summed E-state index contributed by atoms with van der Waals surface area (Å²) in [6, 6.07) is 1.90. The molecule has 0 unspecified atom stereocenters. The number of halogens is 1. The Labute approximate surface area is 109 Å². The van der Waals surface area contributed by atoms with E-state index in [-0.39, 0.29) is 17.3 Å². The standard InChI is InChI=1S/C10H12ClN5O2/c1-3-4-17-9-12-8(11)13-10(14-9)18-7-5-6(2)15-16-7/h5H,3-4H2,1-2H3,(H,15,16). The minimum atomic E-state index is 0.0124. The molecule has 2 aromatic heterocycles. The molecule has 0 amide bonds. The minimum absolute atomic E-state index is 0.0124. The summed E-state index contributed by atoms with van der Waals surface area (Å²) in [6.45, 7) is 4.34. The van der Waals surface area contributed by atoms with Crippen LogP contribution in [-0.4, -0.2) is 31.8 Å². The molecule has 1 N–H and O–H groups in total. The molecule has 0 bridgehead atoms. The Morgan fingerprint density at radius 1 is 1.28 bits per heavy atom. The molecule has 2 rings (SSSR count). The number of ether oxygens (including phenoxy) is 2. The van der Waals surface area contributed by atoms with Crippen molar-refractivity contribution < 1.29 is 9.47 Å². The van der Waals surface area contributed by atoms with Crippen molar-refractivity contribution in [1.29, 1.82) is 0 Å². The van der Waals surface area contributed by atoms with E-state index in [1.807, 2.05) is 13.8 Å². The maximum absolute atomic E-state index is 5.75. The zero-order chi connectivity index (χ0) is 13.0. The summed E-state index contributed by atoms with van der Waals surface area (Å²) in [5.74, 6) is 0.358. The van der Waals surface area contributed by atoms with Crippen LogP contribution in [0.15, 0.2) is 6.07 Å². The van der Waals surface area contributed by atoms with Crippen LogP contribution in [0.2, 0.25) is 5.28 Å².